The Hall–Kier alpha value is -1.91. The summed E-state index contributed by atoms with van der Waals surface area (Å²) >= 11 is 0. The molecule has 0 aliphatic rings. The molecule has 84 valence electrons. The van der Waals surface area contributed by atoms with Crippen molar-refractivity contribution < 1.29 is 0 Å². The van der Waals surface area contributed by atoms with Gasteiger partial charge >= 0.3 is 0 Å². The van der Waals surface area contributed by atoms with Gasteiger partial charge in [-0.3, -0.25) is 9.89 Å². The van der Waals surface area contributed by atoms with Crippen LogP contribution in [0.1, 0.15) is 31.2 Å². The number of H-pyrrole nitrogens is 1. The first-order chi connectivity index (χ1) is 7.58. The Morgan fingerprint density at radius 3 is 2.62 bits per heavy atom. The van der Waals surface area contributed by atoms with E-state index in [2.05, 4.69) is 15.1 Å². The molecule has 5 heteroatoms. The molecule has 5 nitrogen and oxygen atoms in total. The van der Waals surface area contributed by atoms with E-state index in [-0.39, 0.29) is 11.5 Å². The number of nitrogens with one attached hydrogen (secondary N) is 1. The summed E-state index contributed by atoms with van der Waals surface area (Å²) in [5.41, 5.74) is 1.64. The molecule has 1 N–H and O–H groups in total. The lowest BCUT2D eigenvalue weighted by atomic mass is 10.1. The van der Waals surface area contributed by atoms with Crippen LogP contribution < -0.4 is 5.56 Å². The SMILES string of the molecule is Cc1cc(-n2[nH]c(C(C)C)cc2=O)ncn1. The van der Waals surface area contributed by atoms with E-state index < -0.39 is 0 Å². The second kappa shape index (κ2) is 3.92. The van der Waals surface area contributed by atoms with Crippen molar-refractivity contribution in [2.45, 2.75) is 26.7 Å². The maximum absolute atomic E-state index is 11.7. The van der Waals surface area contributed by atoms with E-state index >= 15 is 0 Å². The summed E-state index contributed by atoms with van der Waals surface area (Å²) in [6.45, 7) is 5.92. The number of nitrogens with zero attached hydrogens (tertiary/aromatic N) is 3. The van der Waals surface area contributed by atoms with Gasteiger partial charge in [0.05, 0.1) is 0 Å². The van der Waals surface area contributed by atoms with Gasteiger partial charge in [0, 0.05) is 23.5 Å². The first kappa shape index (κ1) is 10.6. The Kier molecular flexibility index (Phi) is 2.60. The minimum atomic E-state index is -0.0956. The highest BCUT2D eigenvalue weighted by molar-refractivity contribution is 5.23. The van der Waals surface area contributed by atoms with Crippen LogP contribution in [-0.4, -0.2) is 19.7 Å². The minimum absolute atomic E-state index is 0.0956. The highest BCUT2D eigenvalue weighted by Crippen LogP contribution is 2.09. The summed E-state index contributed by atoms with van der Waals surface area (Å²) in [6, 6.07) is 3.37. The van der Waals surface area contributed by atoms with E-state index in [0.29, 0.717) is 5.82 Å². The Morgan fingerprint density at radius 2 is 2.06 bits per heavy atom. The van der Waals surface area contributed by atoms with Crippen LogP contribution >= 0.6 is 0 Å². The fraction of sp³-hybridized carbons (Fsp3) is 0.364. The van der Waals surface area contributed by atoms with Crippen molar-refractivity contribution >= 4 is 0 Å². The first-order valence-electron chi connectivity index (χ1n) is 5.19. The number of rotatable bonds is 2. The highest BCUT2D eigenvalue weighted by Gasteiger charge is 2.08. The molecule has 2 aromatic rings. The zero-order valence-electron chi connectivity index (χ0n) is 9.56. The largest absolute Gasteiger partial charge is 0.293 e. The standard InChI is InChI=1S/C11H14N4O/c1-7(2)9-5-11(16)15(14-9)10-4-8(3)12-6-13-10/h4-7,14H,1-3H3. The van der Waals surface area contributed by atoms with Crippen LogP contribution in [0.15, 0.2) is 23.3 Å². The Labute approximate surface area is 93.2 Å². The predicted octanol–water partition coefficient (Wildman–Crippen LogP) is 1.39. The van der Waals surface area contributed by atoms with Gasteiger partial charge in [0.25, 0.3) is 5.56 Å². The van der Waals surface area contributed by atoms with Crippen molar-refractivity contribution in [1.82, 2.24) is 19.7 Å². The molecule has 2 aromatic heterocycles. The van der Waals surface area contributed by atoms with Crippen LogP contribution in [0.4, 0.5) is 0 Å². The summed E-state index contributed by atoms with van der Waals surface area (Å²) in [7, 11) is 0. The summed E-state index contributed by atoms with van der Waals surface area (Å²) in [5, 5.41) is 3.04. The number of aryl methyl sites for hydroxylation is 1. The monoisotopic (exact) mass is 218 g/mol. The van der Waals surface area contributed by atoms with E-state index in [1.165, 1.54) is 11.0 Å². The molecule has 2 heterocycles. The molecule has 0 atom stereocenters. The van der Waals surface area contributed by atoms with Crippen molar-refractivity contribution in [3.63, 3.8) is 0 Å². The molecule has 0 aliphatic carbocycles. The van der Waals surface area contributed by atoms with Crippen molar-refractivity contribution in [3.8, 4) is 5.82 Å². The number of hydrogen-bond donors (Lipinski definition) is 1. The minimum Gasteiger partial charge on any atom is -0.293 e. The smallest absolute Gasteiger partial charge is 0.272 e. The topological polar surface area (TPSA) is 63.6 Å². The molecule has 2 rings (SSSR count). The first-order valence-corrected chi connectivity index (χ1v) is 5.19. The van der Waals surface area contributed by atoms with Gasteiger partial charge in [-0.15, -0.1) is 0 Å². The van der Waals surface area contributed by atoms with Crippen LogP contribution in [-0.2, 0) is 0 Å². The van der Waals surface area contributed by atoms with E-state index in [1.54, 1.807) is 12.1 Å². The van der Waals surface area contributed by atoms with E-state index in [0.717, 1.165) is 11.4 Å². The second-order valence-corrected chi connectivity index (χ2v) is 4.06. The van der Waals surface area contributed by atoms with Gasteiger partial charge in [0.1, 0.15) is 6.33 Å². The number of aromatic nitrogens is 4. The molecule has 0 fully saturated rings. The quantitative estimate of drug-likeness (QED) is 0.828. The molecule has 0 aromatic carbocycles. The third-order valence-electron chi connectivity index (χ3n) is 2.38. The number of hydrogen-bond acceptors (Lipinski definition) is 3. The molecular weight excluding hydrogens is 204 g/mol. The lowest BCUT2D eigenvalue weighted by molar-refractivity contribution is 0.745. The summed E-state index contributed by atoms with van der Waals surface area (Å²) in [5.74, 6) is 0.862. The van der Waals surface area contributed by atoms with Crippen molar-refractivity contribution in [1.29, 1.82) is 0 Å². The maximum atomic E-state index is 11.7. The molecular formula is C11H14N4O. The maximum Gasteiger partial charge on any atom is 0.272 e. The van der Waals surface area contributed by atoms with Crippen LogP contribution in [0.25, 0.3) is 5.82 Å². The third-order valence-corrected chi connectivity index (χ3v) is 2.38. The van der Waals surface area contributed by atoms with E-state index in [9.17, 15) is 4.79 Å². The molecule has 0 unspecified atom stereocenters. The average Bonchev–Trinajstić information content (AvgIpc) is 2.60. The van der Waals surface area contributed by atoms with Crippen LogP contribution in [0.5, 0.6) is 0 Å². The Morgan fingerprint density at radius 1 is 1.31 bits per heavy atom. The lowest BCUT2D eigenvalue weighted by Crippen LogP contribution is -2.15. The number of aromatic amines is 1. The Balaban J connectivity index is 2.52. The van der Waals surface area contributed by atoms with Gasteiger partial charge in [-0.05, 0) is 12.8 Å². The molecule has 16 heavy (non-hydrogen) atoms. The van der Waals surface area contributed by atoms with Crippen molar-refractivity contribution in [2.24, 2.45) is 0 Å². The molecule has 0 amide bonds. The molecule has 0 saturated carbocycles. The van der Waals surface area contributed by atoms with Crippen LogP contribution in [0, 0.1) is 6.92 Å². The zero-order chi connectivity index (χ0) is 11.7. The van der Waals surface area contributed by atoms with Gasteiger partial charge in [-0.25, -0.2) is 14.6 Å². The van der Waals surface area contributed by atoms with Crippen LogP contribution in [0.2, 0.25) is 0 Å². The van der Waals surface area contributed by atoms with Crippen molar-refractivity contribution in [2.75, 3.05) is 0 Å². The van der Waals surface area contributed by atoms with Crippen molar-refractivity contribution in [3.05, 3.63) is 40.2 Å². The fourth-order valence-corrected chi connectivity index (χ4v) is 1.44. The van der Waals surface area contributed by atoms with Gasteiger partial charge in [-0.1, -0.05) is 13.8 Å². The molecule has 0 saturated heterocycles. The van der Waals surface area contributed by atoms with Crippen LogP contribution in [0.3, 0.4) is 0 Å². The summed E-state index contributed by atoms with van der Waals surface area (Å²) in [4.78, 5) is 19.8. The average molecular weight is 218 g/mol. The Bertz CT molecular complexity index is 553. The van der Waals surface area contributed by atoms with E-state index in [1.807, 2.05) is 20.8 Å². The van der Waals surface area contributed by atoms with Gasteiger partial charge < -0.3 is 0 Å². The lowest BCUT2D eigenvalue weighted by Gasteiger charge is -2.02. The normalized spacial score (nSPS) is 11.0. The highest BCUT2D eigenvalue weighted by atomic mass is 16.1. The van der Waals surface area contributed by atoms with Gasteiger partial charge in [0.15, 0.2) is 5.82 Å². The third kappa shape index (κ3) is 1.88. The van der Waals surface area contributed by atoms with Gasteiger partial charge in [-0.2, -0.15) is 0 Å². The predicted molar refractivity (Wildman–Crippen MR) is 60.8 cm³/mol. The molecule has 0 radical (unpaired) electrons. The molecule has 0 bridgehead atoms. The summed E-state index contributed by atoms with van der Waals surface area (Å²) < 4.78 is 1.43. The van der Waals surface area contributed by atoms with Gasteiger partial charge in [0.2, 0.25) is 0 Å². The fourth-order valence-electron chi connectivity index (χ4n) is 1.44. The van der Waals surface area contributed by atoms with E-state index in [4.69, 9.17) is 0 Å². The second-order valence-electron chi connectivity index (χ2n) is 4.06. The zero-order valence-corrected chi connectivity index (χ0v) is 9.56. The summed E-state index contributed by atoms with van der Waals surface area (Å²) in [6.07, 6.45) is 1.45. The molecule has 0 aliphatic heterocycles. The molecule has 0 spiro atoms.